The molecule has 15 heavy (non-hydrogen) atoms. The molecule has 86 valence electrons. The number of rotatable bonds is 2. The van der Waals surface area contributed by atoms with Gasteiger partial charge in [-0.05, 0) is 56.7 Å². The van der Waals surface area contributed by atoms with E-state index in [0.717, 1.165) is 23.7 Å². The van der Waals surface area contributed by atoms with Gasteiger partial charge in [-0.25, -0.2) is 0 Å². The van der Waals surface area contributed by atoms with Gasteiger partial charge in [0.25, 0.3) is 0 Å². The van der Waals surface area contributed by atoms with E-state index in [-0.39, 0.29) is 0 Å². The Morgan fingerprint density at radius 2 is 1.67 bits per heavy atom. The molecule has 0 aromatic rings. The van der Waals surface area contributed by atoms with Crippen LogP contribution in [0.2, 0.25) is 0 Å². The molecular weight excluding hydrogens is 184 g/mol. The SMILES string of the molecule is CC1CCN(CC2C3CN(C)CC32)CC1. The summed E-state index contributed by atoms with van der Waals surface area (Å²) in [5, 5.41) is 0. The van der Waals surface area contributed by atoms with Crippen LogP contribution >= 0.6 is 0 Å². The standard InChI is InChI=1S/C13H24N2/c1-10-3-5-15(6-4-10)9-13-11-7-14(2)8-12(11)13/h10-13H,3-9H2,1-2H3. The van der Waals surface area contributed by atoms with Gasteiger partial charge in [0.1, 0.15) is 0 Å². The van der Waals surface area contributed by atoms with Crippen molar-refractivity contribution < 1.29 is 0 Å². The van der Waals surface area contributed by atoms with Crippen LogP contribution < -0.4 is 0 Å². The van der Waals surface area contributed by atoms with Gasteiger partial charge in [-0.3, -0.25) is 0 Å². The van der Waals surface area contributed by atoms with Gasteiger partial charge in [-0.15, -0.1) is 0 Å². The van der Waals surface area contributed by atoms with E-state index in [2.05, 4.69) is 23.8 Å². The lowest BCUT2D eigenvalue weighted by Gasteiger charge is -2.31. The van der Waals surface area contributed by atoms with Crippen LogP contribution in [0, 0.1) is 23.7 Å². The first kappa shape index (κ1) is 10.1. The molecule has 3 rings (SSSR count). The van der Waals surface area contributed by atoms with Crippen LogP contribution in [0.1, 0.15) is 19.8 Å². The minimum Gasteiger partial charge on any atom is -0.306 e. The van der Waals surface area contributed by atoms with E-state index < -0.39 is 0 Å². The first-order chi connectivity index (χ1) is 7.24. The molecule has 0 bridgehead atoms. The van der Waals surface area contributed by atoms with Crippen LogP contribution in [0.5, 0.6) is 0 Å². The lowest BCUT2D eigenvalue weighted by molar-refractivity contribution is 0.174. The van der Waals surface area contributed by atoms with Gasteiger partial charge >= 0.3 is 0 Å². The monoisotopic (exact) mass is 208 g/mol. The number of hydrogen-bond acceptors (Lipinski definition) is 2. The molecular formula is C13H24N2. The molecule has 2 atom stereocenters. The average molecular weight is 208 g/mol. The Bertz CT molecular complexity index is 221. The van der Waals surface area contributed by atoms with Gasteiger partial charge < -0.3 is 9.80 Å². The second kappa shape index (κ2) is 3.74. The highest BCUT2D eigenvalue weighted by molar-refractivity contribution is 5.05. The van der Waals surface area contributed by atoms with E-state index in [0.29, 0.717) is 0 Å². The number of hydrogen-bond donors (Lipinski definition) is 0. The number of nitrogens with zero attached hydrogens (tertiary/aromatic N) is 2. The molecule has 2 heterocycles. The Morgan fingerprint density at radius 3 is 2.27 bits per heavy atom. The lowest BCUT2D eigenvalue weighted by Crippen LogP contribution is -2.35. The summed E-state index contributed by atoms with van der Waals surface area (Å²) in [5.41, 5.74) is 0. The molecule has 2 saturated heterocycles. The molecule has 0 spiro atoms. The first-order valence-corrected chi connectivity index (χ1v) is 6.65. The molecule has 0 amide bonds. The van der Waals surface area contributed by atoms with E-state index in [1.807, 2.05) is 0 Å². The number of fused-ring (bicyclic) bond motifs is 1. The predicted octanol–water partition coefficient (Wildman–Crippen LogP) is 1.53. The molecule has 0 aromatic heterocycles. The van der Waals surface area contributed by atoms with Crippen molar-refractivity contribution in [3.63, 3.8) is 0 Å². The highest BCUT2D eigenvalue weighted by Crippen LogP contribution is 2.51. The van der Waals surface area contributed by atoms with Crippen LogP contribution in [-0.2, 0) is 0 Å². The largest absolute Gasteiger partial charge is 0.306 e. The number of piperidine rings is 2. The van der Waals surface area contributed by atoms with Crippen molar-refractivity contribution in [1.82, 2.24) is 9.80 Å². The quantitative estimate of drug-likeness (QED) is 0.679. The van der Waals surface area contributed by atoms with Crippen LogP contribution in [0.4, 0.5) is 0 Å². The fraction of sp³-hybridized carbons (Fsp3) is 1.00. The van der Waals surface area contributed by atoms with Crippen LogP contribution in [0.3, 0.4) is 0 Å². The molecule has 2 aliphatic heterocycles. The van der Waals surface area contributed by atoms with Crippen molar-refractivity contribution in [1.29, 1.82) is 0 Å². The zero-order valence-corrected chi connectivity index (χ0v) is 10.2. The molecule has 1 saturated carbocycles. The van der Waals surface area contributed by atoms with Crippen molar-refractivity contribution in [2.75, 3.05) is 39.8 Å². The average Bonchev–Trinajstić information content (AvgIpc) is 2.69. The van der Waals surface area contributed by atoms with Crippen LogP contribution in [0.15, 0.2) is 0 Å². The van der Waals surface area contributed by atoms with E-state index in [9.17, 15) is 0 Å². The zero-order chi connectivity index (χ0) is 10.4. The zero-order valence-electron chi connectivity index (χ0n) is 10.2. The summed E-state index contributed by atoms with van der Waals surface area (Å²) in [6.07, 6.45) is 2.86. The highest BCUT2D eigenvalue weighted by atomic mass is 15.2. The van der Waals surface area contributed by atoms with Gasteiger partial charge in [-0.2, -0.15) is 0 Å². The summed E-state index contributed by atoms with van der Waals surface area (Å²) >= 11 is 0. The molecule has 2 unspecified atom stereocenters. The van der Waals surface area contributed by atoms with Gasteiger partial charge in [-0.1, -0.05) is 6.92 Å². The Balaban J connectivity index is 1.44. The Labute approximate surface area is 93.6 Å². The van der Waals surface area contributed by atoms with E-state index >= 15 is 0 Å². The van der Waals surface area contributed by atoms with E-state index in [1.54, 1.807) is 0 Å². The van der Waals surface area contributed by atoms with Gasteiger partial charge in [0.05, 0.1) is 0 Å². The fourth-order valence-corrected chi connectivity index (χ4v) is 3.67. The third-order valence-corrected chi connectivity index (χ3v) is 4.90. The van der Waals surface area contributed by atoms with E-state index in [4.69, 9.17) is 0 Å². The molecule has 3 aliphatic rings. The summed E-state index contributed by atoms with van der Waals surface area (Å²) in [6.45, 7) is 9.30. The van der Waals surface area contributed by atoms with Gasteiger partial charge in [0.2, 0.25) is 0 Å². The molecule has 2 heteroatoms. The smallest absolute Gasteiger partial charge is 0.00161 e. The predicted molar refractivity (Wildman–Crippen MR) is 62.8 cm³/mol. The maximum absolute atomic E-state index is 2.73. The van der Waals surface area contributed by atoms with Crippen molar-refractivity contribution in [2.24, 2.45) is 23.7 Å². The van der Waals surface area contributed by atoms with Crippen molar-refractivity contribution in [3.05, 3.63) is 0 Å². The maximum atomic E-state index is 2.73. The fourth-order valence-electron chi connectivity index (χ4n) is 3.67. The Morgan fingerprint density at radius 1 is 1.07 bits per heavy atom. The van der Waals surface area contributed by atoms with Crippen molar-refractivity contribution in [3.8, 4) is 0 Å². The second-order valence-electron chi connectivity index (χ2n) is 6.20. The summed E-state index contributed by atoms with van der Waals surface area (Å²) in [6, 6.07) is 0. The molecule has 0 radical (unpaired) electrons. The normalized spacial score (nSPS) is 43.2. The Kier molecular flexibility index (Phi) is 2.52. The minimum atomic E-state index is 0.978. The first-order valence-electron chi connectivity index (χ1n) is 6.65. The molecule has 3 fully saturated rings. The van der Waals surface area contributed by atoms with E-state index in [1.165, 1.54) is 45.6 Å². The summed E-state index contributed by atoms with van der Waals surface area (Å²) in [5.74, 6) is 4.17. The third-order valence-electron chi connectivity index (χ3n) is 4.90. The third kappa shape index (κ3) is 1.94. The lowest BCUT2D eigenvalue weighted by atomic mass is 9.99. The van der Waals surface area contributed by atoms with Crippen molar-refractivity contribution >= 4 is 0 Å². The second-order valence-corrected chi connectivity index (χ2v) is 6.20. The molecule has 1 aliphatic carbocycles. The molecule has 2 nitrogen and oxygen atoms in total. The van der Waals surface area contributed by atoms with Gasteiger partial charge in [0, 0.05) is 19.6 Å². The molecule has 0 N–H and O–H groups in total. The van der Waals surface area contributed by atoms with Crippen LogP contribution in [-0.4, -0.2) is 49.6 Å². The van der Waals surface area contributed by atoms with Gasteiger partial charge in [0.15, 0.2) is 0 Å². The summed E-state index contributed by atoms with van der Waals surface area (Å²) in [4.78, 5) is 5.23. The highest BCUT2D eigenvalue weighted by Gasteiger charge is 2.54. The van der Waals surface area contributed by atoms with Crippen LogP contribution in [0.25, 0.3) is 0 Å². The minimum absolute atomic E-state index is 0.978. The Hall–Kier alpha value is -0.0800. The van der Waals surface area contributed by atoms with Crippen molar-refractivity contribution in [2.45, 2.75) is 19.8 Å². The summed E-state index contributed by atoms with van der Waals surface area (Å²) < 4.78 is 0. The molecule has 0 aromatic carbocycles. The number of likely N-dealkylation sites (tertiary alicyclic amines) is 2. The summed E-state index contributed by atoms with van der Waals surface area (Å²) in [7, 11) is 2.27. The topological polar surface area (TPSA) is 6.48 Å². The maximum Gasteiger partial charge on any atom is 0.00161 e.